The molecule has 2 aliphatic rings. The second-order valence-corrected chi connectivity index (χ2v) is 9.44. The standard InChI is InChI=1S/C18H15N3O4S3/c22-12(8-10-4-2-1-3-5-10)20-13-15(23)21-14(17(24)25)11(9-27-16(13)21)28-18-19-6-7-26-18/h1-7,13,16H,8-9H2,(H,20,22)(H,24,25)/t13?,16-/m1/s1. The van der Waals surface area contributed by atoms with Crippen molar-refractivity contribution in [3.05, 3.63) is 58.1 Å². The van der Waals surface area contributed by atoms with Crippen LogP contribution in [0.1, 0.15) is 5.56 Å². The maximum absolute atomic E-state index is 12.6. The first kappa shape index (κ1) is 19.0. The Bertz CT molecular complexity index is 946. The number of hydrogen-bond acceptors (Lipinski definition) is 7. The smallest absolute Gasteiger partial charge is 0.353 e. The van der Waals surface area contributed by atoms with Crippen molar-refractivity contribution in [2.24, 2.45) is 0 Å². The summed E-state index contributed by atoms with van der Waals surface area (Å²) in [6, 6.07) is 8.55. The molecule has 0 bridgehead atoms. The van der Waals surface area contributed by atoms with Crippen molar-refractivity contribution in [1.82, 2.24) is 15.2 Å². The van der Waals surface area contributed by atoms with E-state index in [9.17, 15) is 19.5 Å². The summed E-state index contributed by atoms with van der Waals surface area (Å²) in [5, 5.41) is 13.8. The van der Waals surface area contributed by atoms with Gasteiger partial charge in [0.15, 0.2) is 4.34 Å². The molecule has 28 heavy (non-hydrogen) atoms. The molecule has 2 aliphatic heterocycles. The molecule has 4 rings (SSSR count). The highest BCUT2D eigenvalue weighted by Gasteiger charge is 2.54. The second kappa shape index (κ2) is 7.98. The summed E-state index contributed by atoms with van der Waals surface area (Å²) < 4.78 is 0.730. The lowest BCUT2D eigenvalue weighted by molar-refractivity contribution is -0.150. The van der Waals surface area contributed by atoms with E-state index in [4.69, 9.17) is 0 Å². The Morgan fingerprint density at radius 3 is 2.79 bits per heavy atom. The van der Waals surface area contributed by atoms with Gasteiger partial charge >= 0.3 is 5.97 Å². The predicted octanol–water partition coefficient (Wildman–Crippen LogP) is 2.17. The second-order valence-electron chi connectivity index (χ2n) is 6.09. The normalized spacial score (nSPS) is 21.1. The number of thioether (sulfide) groups is 2. The molecule has 1 saturated heterocycles. The Hall–Kier alpha value is -2.30. The first-order valence-electron chi connectivity index (χ1n) is 8.36. The van der Waals surface area contributed by atoms with Crippen LogP contribution in [0.15, 0.2) is 56.9 Å². The third-order valence-electron chi connectivity index (χ3n) is 4.28. The Kier molecular flexibility index (Phi) is 5.42. The minimum atomic E-state index is -1.15. The molecule has 0 radical (unpaired) electrons. The van der Waals surface area contributed by atoms with E-state index < -0.39 is 23.3 Å². The lowest BCUT2D eigenvalue weighted by atomic mass is 10.0. The third-order valence-corrected chi connectivity index (χ3v) is 7.71. The Morgan fingerprint density at radius 1 is 1.32 bits per heavy atom. The van der Waals surface area contributed by atoms with E-state index in [-0.39, 0.29) is 18.0 Å². The molecule has 0 spiro atoms. The summed E-state index contributed by atoms with van der Waals surface area (Å²) in [5.74, 6) is -1.35. The lowest BCUT2D eigenvalue weighted by Gasteiger charge is -2.49. The number of benzene rings is 1. The number of carboxylic acids is 1. The number of thiazole rings is 1. The van der Waals surface area contributed by atoms with Crippen LogP contribution in [0.4, 0.5) is 0 Å². The van der Waals surface area contributed by atoms with Crippen molar-refractivity contribution in [3.8, 4) is 0 Å². The highest BCUT2D eigenvalue weighted by atomic mass is 32.2. The quantitative estimate of drug-likeness (QED) is 0.674. The molecule has 10 heteroatoms. The van der Waals surface area contributed by atoms with Crippen molar-refractivity contribution >= 4 is 52.6 Å². The summed E-state index contributed by atoms with van der Waals surface area (Å²) in [4.78, 5) is 42.8. The molecule has 2 aromatic rings. The summed E-state index contributed by atoms with van der Waals surface area (Å²) in [5.41, 5.74) is 0.843. The number of aliphatic carboxylic acids is 1. The first-order chi connectivity index (χ1) is 13.5. The van der Waals surface area contributed by atoms with Gasteiger partial charge in [-0.3, -0.25) is 14.5 Å². The fourth-order valence-electron chi connectivity index (χ4n) is 3.04. The van der Waals surface area contributed by atoms with Crippen molar-refractivity contribution < 1.29 is 19.5 Å². The van der Waals surface area contributed by atoms with Gasteiger partial charge < -0.3 is 10.4 Å². The number of nitrogens with one attached hydrogen (secondary N) is 1. The Morgan fingerprint density at radius 2 is 2.11 bits per heavy atom. The van der Waals surface area contributed by atoms with Crippen molar-refractivity contribution in [2.75, 3.05) is 5.75 Å². The fourth-order valence-corrected chi connectivity index (χ4v) is 6.30. The van der Waals surface area contributed by atoms with Crippen LogP contribution in [-0.4, -0.2) is 49.9 Å². The van der Waals surface area contributed by atoms with Gasteiger partial charge in [-0.25, -0.2) is 9.78 Å². The van der Waals surface area contributed by atoms with Crippen molar-refractivity contribution in [3.63, 3.8) is 0 Å². The number of β-lactam (4-membered cyclic amide) rings is 1. The average Bonchev–Trinajstić information content (AvgIpc) is 3.19. The molecule has 144 valence electrons. The Labute approximate surface area is 173 Å². The number of rotatable bonds is 6. The average molecular weight is 434 g/mol. The van der Waals surface area contributed by atoms with Gasteiger partial charge in [0.05, 0.1) is 6.42 Å². The van der Waals surface area contributed by atoms with Gasteiger partial charge in [0.2, 0.25) is 5.91 Å². The van der Waals surface area contributed by atoms with Crippen LogP contribution in [0.3, 0.4) is 0 Å². The van der Waals surface area contributed by atoms with E-state index in [1.165, 1.54) is 39.8 Å². The molecule has 1 aromatic carbocycles. The van der Waals surface area contributed by atoms with Gasteiger partial charge in [0.25, 0.3) is 5.91 Å². The SMILES string of the molecule is O=C(Cc1ccccc1)NC1C(=O)N2C(C(=O)O)=C(Sc3nccs3)CS[C@H]12. The summed E-state index contributed by atoms with van der Waals surface area (Å²) in [6.45, 7) is 0. The van der Waals surface area contributed by atoms with Crippen molar-refractivity contribution in [2.45, 2.75) is 22.2 Å². The zero-order valence-electron chi connectivity index (χ0n) is 14.4. The molecule has 0 saturated carbocycles. The molecule has 2 N–H and O–H groups in total. The van der Waals surface area contributed by atoms with E-state index >= 15 is 0 Å². The predicted molar refractivity (Wildman–Crippen MR) is 108 cm³/mol. The van der Waals surface area contributed by atoms with E-state index in [1.54, 1.807) is 6.20 Å². The summed E-state index contributed by atoms with van der Waals surface area (Å²) in [6.07, 6.45) is 1.83. The van der Waals surface area contributed by atoms with E-state index in [0.717, 1.165) is 9.90 Å². The van der Waals surface area contributed by atoms with Crippen LogP contribution in [-0.2, 0) is 20.8 Å². The lowest BCUT2D eigenvalue weighted by Crippen LogP contribution is -2.70. The van der Waals surface area contributed by atoms with E-state index in [2.05, 4.69) is 10.3 Å². The van der Waals surface area contributed by atoms with E-state index in [1.807, 2.05) is 35.7 Å². The molecule has 7 nitrogen and oxygen atoms in total. The fraction of sp³-hybridized carbons (Fsp3) is 0.222. The number of amides is 2. The zero-order valence-corrected chi connectivity index (χ0v) is 16.9. The van der Waals surface area contributed by atoms with E-state index in [0.29, 0.717) is 10.7 Å². The maximum Gasteiger partial charge on any atom is 0.353 e. The Balaban J connectivity index is 1.47. The van der Waals surface area contributed by atoms with Crippen molar-refractivity contribution in [1.29, 1.82) is 0 Å². The van der Waals surface area contributed by atoms with Crippen LogP contribution in [0.5, 0.6) is 0 Å². The van der Waals surface area contributed by atoms with Gasteiger partial charge in [-0.15, -0.1) is 23.1 Å². The van der Waals surface area contributed by atoms with Crippen LogP contribution < -0.4 is 5.32 Å². The summed E-state index contributed by atoms with van der Waals surface area (Å²) in [7, 11) is 0. The number of carboxylic acid groups (broad SMARTS) is 1. The van der Waals surface area contributed by atoms with Gasteiger partial charge in [-0.05, 0) is 5.56 Å². The van der Waals surface area contributed by atoms with Crippen LogP contribution >= 0.6 is 34.9 Å². The molecule has 0 aliphatic carbocycles. The van der Waals surface area contributed by atoms with Gasteiger partial charge in [-0.1, -0.05) is 42.1 Å². The maximum atomic E-state index is 12.6. The monoisotopic (exact) mass is 433 g/mol. The zero-order chi connectivity index (χ0) is 19.7. The number of aromatic nitrogens is 1. The topological polar surface area (TPSA) is 99.6 Å². The summed E-state index contributed by atoms with van der Waals surface area (Å²) >= 11 is 4.14. The van der Waals surface area contributed by atoms with Gasteiger partial charge in [0, 0.05) is 22.2 Å². The first-order valence-corrected chi connectivity index (χ1v) is 11.1. The number of fused-ring (bicyclic) bond motifs is 1. The molecular formula is C18H15N3O4S3. The molecule has 2 atom stereocenters. The van der Waals surface area contributed by atoms with Crippen LogP contribution in [0.2, 0.25) is 0 Å². The molecule has 1 aromatic heterocycles. The molecule has 2 amide bonds. The number of carbonyl (C=O) groups is 3. The van der Waals surface area contributed by atoms with Gasteiger partial charge in [0.1, 0.15) is 17.1 Å². The minimum Gasteiger partial charge on any atom is -0.477 e. The molecular weight excluding hydrogens is 418 g/mol. The van der Waals surface area contributed by atoms with Crippen LogP contribution in [0, 0.1) is 0 Å². The number of hydrogen-bond donors (Lipinski definition) is 2. The highest BCUT2D eigenvalue weighted by molar-refractivity contribution is 8.07. The third kappa shape index (κ3) is 3.67. The largest absolute Gasteiger partial charge is 0.477 e. The number of carbonyl (C=O) groups excluding carboxylic acids is 2. The van der Waals surface area contributed by atoms with Crippen LogP contribution in [0.25, 0.3) is 0 Å². The molecule has 1 unspecified atom stereocenters. The van der Waals surface area contributed by atoms with Gasteiger partial charge in [-0.2, -0.15) is 0 Å². The molecule has 3 heterocycles. The highest BCUT2D eigenvalue weighted by Crippen LogP contribution is 2.45. The number of nitrogens with zero attached hydrogens (tertiary/aromatic N) is 2. The molecule has 1 fully saturated rings. The minimum absolute atomic E-state index is 0.0116.